The Hall–Kier alpha value is -2.57. The number of aromatic nitrogens is 2. The summed E-state index contributed by atoms with van der Waals surface area (Å²) in [5.41, 5.74) is 1.27. The van der Waals surface area contributed by atoms with E-state index in [-0.39, 0.29) is 23.0 Å². The van der Waals surface area contributed by atoms with Crippen molar-refractivity contribution in [1.82, 2.24) is 9.97 Å². The SMILES string of the molecule is Cc1cc2oc(-c3ccncc3NC(C)C)nc2cc1C(F)(F)F. The van der Waals surface area contributed by atoms with Crippen molar-refractivity contribution in [3.8, 4) is 11.5 Å². The van der Waals surface area contributed by atoms with Crippen molar-refractivity contribution in [3.63, 3.8) is 0 Å². The van der Waals surface area contributed by atoms with Crippen LogP contribution in [-0.2, 0) is 6.18 Å². The van der Waals surface area contributed by atoms with Crippen LogP contribution in [-0.4, -0.2) is 16.0 Å². The molecule has 0 atom stereocenters. The smallest absolute Gasteiger partial charge is 0.416 e. The van der Waals surface area contributed by atoms with Crippen LogP contribution >= 0.6 is 0 Å². The lowest BCUT2D eigenvalue weighted by molar-refractivity contribution is -0.137. The number of benzene rings is 1. The number of rotatable bonds is 3. The van der Waals surface area contributed by atoms with Crippen LogP contribution in [0.4, 0.5) is 18.9 Å². The average molecular weight is 335 g/mol. The van der Waals surface area contributed by atoms with E-state index in [9.17, 15) is 13.2 Å². The van der Waals surface area contributed by atoms with Crippen LogP contribution in [0.1, 0.15) is 25.0 Å². The van der Waals surface area contributed by atoms with Gasteiger partial charge in [0, 0.05) is 12.2 Å². The number of halogens is 3. The summed E-state index contributed by atoms with van der Waals surface area (Å²) in [7, 11) is 0. The quantitative estimate of drug-likeness (QED) is 0.729. The Morgan fingerprint density at radius 2 is 1.96 bits per heavy atom. The molecule has 0 unspecified atom stereocenters. The van der Waals surface area contributed by atoms with Crippen LogP contribution < -0.4 is 5.32 Å². The molecular formula is C17H16F3N3O. The number of nitrogens with one attached hydrogen (secondary N) is 1. The van der Waals surface area contributed by atoms with Gasteiger partial charge in [0.05, 0.1) is 23.0 Å². The van der Waals surface area contributed by atoms with Gasteiger partial charge in [-0.15, -0.1) is 0 Å². The number of alkyl halides is 3. The number of oxazole rings is 1. The zero-order valence-electron chi connectivity index (χ0n) is 13.4. The molecule has 0 saturated carbocycles. The predicted molar refractivity (Wildman–Crippen MR) is 85.7 cm³/mol. The molecule has 0 aliphatic carbocycles. The average Bonchev–Trinajstić information content (AvgIpc) is 2.87. The number of pyridine rings is 1. The Morgan fingerprint density at radius 1 is 1.21 bits per heavy atom. The second kappa shape index (κ2) is 5.81. The number of anilines is 1. The molecule has 1 aromatic carbocycles. The summed E-state index contributed by atoms with van der Waals surface area (Å²) in [6.45, 7) is 5.35. The van der Waals surface area contributed by atoms with E-state index in [4.69, 9.17) is 4.42 Å². The Labute approximate surface area is 136 Å². The number of aryl methyl sites for hydroxylation is 1. The molecule has 0 bridgehead atoms. The van der Waals surface area contributed by atoms with Crippen molar-refractivity contribution in [2.75, 3.05) is 5.32 Å². The summed E-state index contributed by atoms with van der Waals surface area (Å²) in [5, 5.41) is 3.22. The van der Waals surface area contributed by atoms with Gasteiger partial charge in [0.2, 0.25) is 5.89 Å². The molecular weight excluding hydrogens is 319 g/mol. The molecule has 24 heavy (non-hydrogen) atoms. The lowest BCUT2D eigenvalue weighted by atomic mass is 10.1. The highest BCUT2D eigenvalue weighted by Crippen LogP contribution is 2.36. The molecule has 4 nitrogen and oxygen atoms in total. The lowest BCUT2D eigenvalue weighted by Crippen LogP contribution is -2.10. The monoisotopic (exact) mass is 335 g/mol. The number of fused-ring (bicyclic) bond motifs is 1. The van der Waals surface area contributed by atoms with E-state index in [1.54, 1.807) is 18.5 Å². The van der Waals surface area contributed by atoms with Gasteiger partial charge in [0.15, 0.2) is 5.58 Å². The highest BCUT2D eigenvalue weighted by molar-refractivity contribution is 5.81. The van der Waals surface area contributed by atoms with E-state index in [1.807, 2.05) is 13.8 Å². The van der Waals surface area contributed by atoms with Gasteiger partial charge >= 0.3 is 6.18 Å². The standard InChI is InChI=1S/C17H16F3N3O/c1-9(2)22-14-8-21-5-4-11(14)16-23-13-7-12(17(18,19)20)10(3)6-15(13)24-16/h4-9,22H,1-3H3. The van der Waals surface area contributed by atoms with Crippen LogP contribution in [0.2, 0.25) is 0 Å². The first kappa shape index (κ1) is 16.3. The molecule has 2 aromatic heterocycles. The summed E-state index contributed by atoms with van der Waals surface area (Å²) < 4.78 is 44.8. The fraction of sp³-hybridized carbons (Fsp3) is 0.294. The van der Waals surface area contributed by atoms with Gasteiger partial charge in [-0.3, -0.25) is 4.98 Å². The largest absolute Gasteiger partial charge is 0.436 e. The third kappa shape index (κ3) is 3.06. The second-order valence-corrected chi connectivity index (χ2v) is 5.87. The van der Waals surface area contributed by atoms with Crippen LogP contribution in [0.15, 0.2) is 35.0 Å². The number of nitrogens with zero attached hydrogens (tertiary/aromatic N) is 2. The fourth-order valence-electron chi connectivity index (χ4n) is 2.50. The molecule has 0 aliphatic rings. The maximum Gasteiger partial charge on any atom is 0.416 e. The molecule has 1 N–H and O–H groups in total. The van der Waals surface area contributed by atoms with Gasteiger partial charge in [-0.25, -0.2) is 4.98 Å². The minimum atomic E-state index is -4.42. The molecule has 126 valence electrons. The molecule has 3 rings (SSSR count). The van der Waals surface area contributed by atoms with Crippen molar-refractivity contribution in [2.45, 2.75) is 33.0 Å². The molecule has 0 fully saturated rings. The Bertz CT molecular complexity index is 884. The van der Waals surface area contributed by atoms with Crippen molar-refractivity contribution in [3.05, 3.63) is 41.7 Å². The number of hydrogen-bond acceptors (Lipinski definition) is 4. The molecule has 3 aromatic rings. The first-order valence-corrected chi connectivity index (χ1v) is 7.45. The van der Waals surface area contributed by atoms with Gasteiger partial charge in [0.25, 0.3) is 0 Å². The van der Waals surface area contributed by atoms with Gasteiger partial charge in [-0.05, 0) is 44.5 Å². The van der Waals surface area contributed by atoms with Crippen molar-refractivity contribution < 1.29 is 17.6 Å². The zero-order valence-corrected chi connectivity index (χ0v) is 13.4. The predicted octanol–water partition coefficient (Wildman–Crippen LogP) is 5.04. The third-order valence-corrected chi connectivity index (χ3v) is 3.54. The van der Waals surface area contributed by atoms with Crippen LogP contribution in [0.25, 0.3) is 22.6 Å². The van der Waals surface area contributed by atoms with Crippen LogP contribution in [0.5, 0.6) is 0 Å². The van der Waals surface area contributed by atoms with E-state index in [2.05, 4.69) is 15.3 Å². The van der Waals surface area contributed by atoms with Gasteiger partial charge in [0.1, 0.15) is 5.52 Å². The van der Waals surface area contributed by atoms with Crippen molar-refractivity contribution in [1.29, 1.82) is 0 Å². The van der Waals surface area contributed by atoms with E-state index in [1.165, 1.54) is 13.0 Å². The van der Waals surface area contributed by atoms with E-state index < -0.39 is 11.7 Å². The molecule has 2 heterocycles. The summed E-state index contributed by atoms with van der Waals surface area (Å²) >= 11 is 0. The summed E-state index contributed by atoms with van der Waals surface area (Å²) in [5.74, 6) is 0.259. The van der Waals surface area contributed by atoms with Crippen LogP contribution in [0.3, 0.4) is 0 Å². The normalized spacial score (nSPS) is 12.1. The Kier molecular flexibility index (Phi) is 3.95. The summed E-state index contributed by atoms with van der Waals surface area (Å²) in [4.78, 5) is 8.29. The van der Waals surface area contributed by atoms with Gasteiger partial charge in [-0.2, -0.15) is 13.2 Å². The van der Waals surface area contributed by atoms with E-state index in [0.29, 0.717) is 16.8 Å². The maximum atomic E-state index is 13.0. The molecule has 0 radical (unpaired) electrons. The topological polar surface area (TPSA) is 51.0 Å². The van der Waals surface area contributed by atoms with Gasteiger partial charge in [-0.1, -0.05) is 0 Å². The summed E-state index contributed by atoms with van der Waals surface area (Å²) in [6.07, 6.45) is -1.20. The molecule has 0 saturated heterocycles. The first-order chi connectivity index (χ1) is 11.3. The lowest BCUT2D eigenvalue weighted by Gasteiger charge is -2.11. The molecule has 7 heteroatoms. The highest BCUT2D eigenvalue weighted by atomic mass is 19.4. The zero-order chi connectivity index (χ0) is 17.5. The van der Waals surface area contributed by atoms with Crippen LogP contribution in [0, 0.1) is 6.92 Å². The Balaban J connectivity index is 2.13. The third-order valence-electron chi connectivity index (χ3n) is 3.54. The first-order valence-electron chi connectivity index (χ1n) is 7.45. The Morgan fingerprint density at radius 3 is 2.62 bits per heavy atom. The minimum absolute atomic E-state index is 0.105. The maximum absolute atomic E-state index is 13.0. The van der Waals surface area contributed by atoms with E-state index in [0.717, 1.165) is 6.07 Å². The van der Waals surface area contributed by atoms with Crippen molar-refractivity contribution in [2.24, 2.45) is 0 Å². The second-order valence-electron chi connectivity index (χ2n) is 5.87. The summed E-state index contributed by atoms with van der Waals surface area (Å²) in [6, 6.07) is 4.27. The van der Waals surface area contributed by atoms with Gasteiger partial charge < -0.3 is 9.73 Å². The molecule has 0 amide bonds. The number of hydrogen-bond donors (Lipinski definition) is 1. The van der Waals surface area contributed by atoms with Crippen molar-refractivity contribution >= 4 is 16.8 Å². The molecule has 0 spiro atoms. The highest BCUT2D eigenvalue weighted by Gasteiger charge is 2.33. The molecule has 0 aliphatic heterocycles. The fourth-order valence-corrected chi connectivity index (χ4v) is 2.50. The van der Waals surface area contributed by atoms with E-state index >= 15 is 0 Å². The minimum Gasteiger partial charge on any atom is -0.436 e.